The van der Waals surface area contributed by atoms with Crippen molar-refractivity contribution in [3.05, 3.63) is 65.7 Å². The van der Waals surface area contributed by atoms with Gasteiger partial charge in [-0.3, -0.25) is 4.79 Å². The first kappa shape index (κ1) is 14.4. The Morgan fingerprint density at radius 1 is 1.00 bits per heavy atom. The Hall–Kier alpha value is -2.55. The van der Waals surface area contributed by atoms with E-state index in [1.807, 2.05) is 18.2 Å². The Morgan fingerprint density at radius 3 is 2.27 bits per heavy atom. The summed E-state index contributed by atoms with van der Waals surface area (Å²) < 4.78 is 0. The van der Waals surface area contributed by atoms with Crippen LogP contribution < -0.4 is 10.6 Å². The number of hydrogen-bond donors (Lipinski definition) is 1. The first-order valence-electron chi connectivity index (χ1n) is 7.63. The zero-order valence-corrected chi connectivity index (χ0v) is 12.5. The van der Waals surface area contributed by atoms with Crippen LogP contribution in [0.5, 0.6) is 0 Å². The maximum atomic E-state index is 11.5. The largest absolute Gasteiger partial charge is 0.368 e. The number of rotatable bonds is 4. The van der Waals surface area contributed by atoms with Crippen molar-refractivity contribution in [2.75, 3.05) is 11.4 Å². The fourth-order valence-electron chi connectivity index (χ4n) is 2.91. The van der Waals surface area contributed by atoms with Crippen LogP contribution in [0, 0.1) is 0 Å². The Bertz CT molecular complexity index is 662. The lowest BCUT2D eigenvalue weighted by atomic mass is 10.1. The SMILES string of the molecule is NC(=O)[C@H]1CCCN1c1ccc(/C=C/c2ccccc2)cc1. The molecule has 0 aromatic heterocycles. The maximum absolute atomic E-state index is 11.5. The van der Waals surface area contributed by atoms with Gasteiger partial charge in [0.15, 0.2) is 0 Å². The Kier molecular flexibility index (Phi) is 4.24. The average Bonchev–Trinajstić information content (AvgIpc) is 3.04. The minimum atomic E-state index is -0.231. The smallest absolute Gasteiger partial charge is 0.240 e. The van der Waals surface area contributed by atoms with Gasteiger partial charge in [0.1, 0.15) is 6.04 Å². The second-order valence-electron chi connectivity index (χ2n) is 5.59. The van der Waals surface area contributed by atoms with Crippen LogP contribution in [0.1, 0.15) is 24.0 Å². The van der Waals surface area contributed by atoms with Crippen molar-refractivity contribution in [1.29, 1.82) is 0 Å². The van der Waals surface area contributed by atoms with Crippen molar-refractivity contribution >= 4 is 23.7 Å². The molecule has 1 atom stereocenters. The van der Waals surface area contributed by atoms with E-state index >= 15 is 0 Å². The zero-order valence-electron chi connectivity index (χ0n) is 12.5. The lowest BCUT2D eigenvalue weighted by Gasteiger charge is -2.24. The van der Waals surface area contributed by atoms with Crippen LogP contribution in [0.25, 0.3) is 12.2 Å². The number of benzene rings is 2. The molecule has 0 unspecified atom stereocenters. The second-order valence-corrected chi connectivity index (χ2v) is 5.59. The highest BCUT2D eigenvalue weighted by Crippen LogP contribution is 2.26. The summed E-state index contributed by atoms with van der Waals surface area (Å²) in [5, 5.41) is 0. The molecule has 1 heterocycles. The molecule has 1 amide bonds. The van der Waals surface area contributed by atoms with Gasteiger partial charge in [0, 0.05) is 12.2 Å². The standard InChI is InChI=1S/C19H20N2O/c20-19(22)18-7-4-14-21(18)17-12-10-16(11-13-17)9-8-15-5-2-1-3-6-15/h1-3,5-6,8-13,18H,4,7,14H2,(H2,20,22)/b9-8+/t18-/m1/s1. The number of carbonyl (C=O) groups is 1. The average molecular weight is 292 g/mol. The van der Waals surface area contributed by atoms with Crippen LogP contribution in [0.3, 0.4) is 0 Å². The third-order valence-electron chi connectivity index (χ3n) is 4.07. The molecular weight excluding hydrogens is 272 g/mol. The molecule has 2 aromatic rings. The summed E-state index contributed by atoms with van der Waals surface area (Å²) in [6.07, 6.45) is 6.06. The zero-order chi connectivity index (χ0) is 15.4. The third-order valence-corrected chi connectivity index (χ3v) is 4.07. The highest BCUT2D eigenvalue weighted by atomic mass is 16.1. The van der Waals surface area contributed by atoms with Gasteiger partial charge in [0.05, 0.1) is 0 Å². The van der Waals surface area contributed by atoms with Crippen LogP contribution in [-0.4, -0.2) is 18.5 Å². The predicted octanol–water partition coefficient (Wildman–Crippen LogP) is 3.31. The number of carbonyl (C=O) groups excluding carboxylic acids is 1. The highest BCUT2D eigenvalue weighted by Gasteiger charge is 2.28. The summed E-state index contributed by atoms with van der Waals surface area (Å²) in [5.74, 6) is -0.231. The van der Waals surface area contributed by atoms with Gasteiger partial charge in [0.25, 0.3) is 0 Å². The van der Waals surface area contributed by atoms with Gasteiger partial charge in [-0.1, -0.05) is 54.6 Å². The number of nitrogens with zero attached hydrogens (tertiary/aromatic N) is 1. The molecule has 22 heavy (non-hydrogen) atoms. The van der Waals surface area contributed by atoms with Gasteiger partial charge in [0.2, 0.25) is 5.91 Å². The predicted molar refractivity (Wildman–Crippen MR) is 91.4 cm³/mol. The molecule has 2 N–H and O–H groups in total. The molecular formula is C19H20N2O. The van der Waals surface area contributed by atoms with Crippen molar-refractivity contribution in [3.63, 3.8) is 0 Å². The summed E-state index contributed by atoms with van der Waals surface area (Å²) in [6.45, 7) is 0.896. The third kappa shape index (κ3) is 3.19. The molecule has 1 fully saturated rings. The fourth-order valence-corrected chi connectivity index (χ4v) is 2.91. The normalized spacial score (nSPS) is 18.0. The molecule has 0 bridgehead atoms. The summed E-state index contributed by atoms with van der Waals surface area (Å²) in [4.78, 5) is 13.6. The van der Waals surface area contributed by atoms with E-state index in [9.17, 15) is 4.79 Å². The van der Waals surface area contributed by atoms with Crippen LogP contribution >= 0.6 is 0 Å². The molecule has 1 aliphatic heterocycles. The van der Waals surface area contributed by atoms with Crippen LogP contribution in [0.4, 0.5) is 5.69 Å². The van der Waals surface area contributed by atoms with E-state index in [1.165, 1.54) is 5.56 Å². The van der Waals surface area contributed by atoms with E-state index in [1.54, 1.807) is 0 Å². The number of nitrogens with two attached hydrogens (primary N) is 1. The highest BCUT2D eigenvalue weighted by molar-refractivity contribution is 5.84. The first-order chi connectivity index (χ1) is 10.7. The Morgan fingerprint density at radius 2 is 1.64 bits per heavy atom. The summed E-state index contributed by atoms with van der Waals surface area (Å²) >= 11 is 0. The quantitative estimate of drug-likeness (QED) is 0.879. The second kappa shape index (κ2) is 6.48. The molecule has 112 valence electrons. The van der Waals surface area contributed by atoms with Crippen molar-refractivity contribution in [3.8, 4) is 0 Å². The fraction of sp³-hybridized carbons (Fsp3) is 0.211. The van der Waals surface area contributed by atoms with Gasteiger partial charge in [-0.05, 0) is 36.1 Å². The van der Waals surface area contributed by atoms with Crippen LogP contribution in [-0.2, 0) is 4.79 Å². The van der Waals surface area contributed by atoms with E-state index in [0.29, 0.717) is 0 Å². The number of primary amides is 1. The van der Waals surface area contributed by atoms with E-state index in [-0.39, 0.29) is 11.9 Å². The Balaban J connectivity index is 1.73. The van der Waals surface area contributed by atoms with Gasteiger partial charge < -0.3 is 10.6 Å². The lowest BCUT2D eigenvalue weighted by molar-refractivity contribution is -0.119. The molecule has 2 aromatic carbocycles. The molecule has 0 aliphatic carbocycles. The van der Waals surface area contributed by atoms with Crippen LogP contribution in [0.2, 0.25) is 0 Å². The lowest BCUT2D eigenvalue weighted by Crippen LogP contribution is -2.40. The van der Waals surface area contributed by atoms with E-state index in [4.69, 9.17) is 5.73 Å². The van der Waals surface area contributed by atoms with Gasteiger partial charge in [-0.2, -0.15) is 0 Å². The molecule has 0 saturated carbocycles. The molecule has 3 rings (SSSR count). The minimum Gasteiger partial charge on any atom is -0.368 e. The number of anilines is 1. The van der Waals surface area contributed by atoms with E-state index in [2.05, 4.69) is 53.5 Å². The number of amides is 1. The number of hydrogen-bond acceptors (Lipinski definition) is 2. The van der Waals surface area contributed by atoms with Gasteiger partial charge in [-0.15, -0.1) is 0 Å². The molecule has 0 spiro atoms. The van der Waals surface area contributed by atoms with Crippen LogP contribution in [0.15, 0.2) is 54.6 Å². The molecule has 3 heteroatoms. The topological polar surface area (TPSA) is 46.3 Å². The van der Waals surface area contributed by atoms with Crippen molar-refractivity contribution in [2.45, 2.75) is 18.9 Å². The van der Waals surface area contributed by atoms with Gasteiger partial charge in [-0.25, -0.2) is 0 Å². The summed E-state index contributed by atoms with van der Waals surface area (Å²) in [6, 6.07) is 18.3. The minimum absolute atomic E-state index is 0.161. The molecule has 3 nitrogen and oxygen atoms in total. The Labute approximate surface area is 131 Å². The molecule has 1 aliphatic rings. The van der Waals surface area contributed by atoms with Crippen molar-refractivity contribution in [1.82, 2.24) is 0 Å². The van der Waals surface area contributed by atoms with Gasteiger partial charge >= 0.3 is 0 Å². The van der Waals surface area contributed by atoms with E-state index < -0.39 is 0 Å². The van der Waals surface area contributed by atoms with E-state index in [0.717, 1.165) is 30.6 Å². The summed E-state index contributed by atoms with van der Waals surface area (Å²) in [7, 11) is 0. The monoisotopic (exact) mass is 292 g/mol. The molecule has 0 radical (unpaired) electrons. The first-order valence-corrected chi connectivity index (χ1v) is 7.63. The molecule has 1 saturated heterocycles. The maximum Gasteiger partial charge on any atom is 0.240 e. The summed E-state index contributed by atoms with van der Waals surface area (Å²) in [5.41, 5.74) is 8.87. The van der Waals surface area contributed by atoms with Crippen molar-refractivity contribution in [2.24, 2.45) is 5.73 Å². The van der Waals surface area contributed by atoms with Crippen molar-refractivity contribution < 1.29 is 4.79 Å².